The van der Waals surface area contributed by atoms with E-state index in [4.69, 9.17) is 0 Å². The fraction of sp³-hybridized carbons (Fsp3) is 0.0800. The highest BCUT2D eigenvalue weighted by Crippen LogP contribution is 2.46. The van der Waals surface area contributed by atoms with Crippen LogP contribution in [0.4, 0.5) is 0 Å². The van der Waals surface area contributed by atoms with Crippen LogP contribution in [-0.4, -0.2) is 0 Å². The van der Waals surface area contributed by atoms with Gasteiger partial charge in [0, 0.05) is 0 Å². The molecule has 0 aliphatic rings. The van der Waals surface area contributed by atoms with E-state index in [0.29, 0.717) is 0 Å². The van der Waals surface area contributed by atoms with Crippen molar-refractivity contribution in [2.24, 2.45) is 0 Å². The third kappa shape index (κ3) is 3.71. The first-order valence-electron chi connectivity index (χ1n) is 17.8. The van der Waals surface area contributed by atoms with Gasteiger partial charge in [-0.2, -0.15) is 0 Å². The Hall–Kier alpha value is -5.98. The average molecular weight is 635 g/mol. The van der Waals surface area contributed by atoms with Crippen LogP contribution < -0.4 is 0 Å². The molecule has 0 spiro atoms. The number of benzene rings is 11. The predicted octanol–water partition coefficient (Wildman–Crippen LogP) is 14.4. The molecule has 0 saturated carbocycles. The Labute approximate surface area is 290 Å². The van der Waals surface area contributed by atoms with Crippen LogP contribution in [0.1, 0.15) is 26.3 Å². The van der Waals surface area contributed by atoms with Gasteiger partial charge in [0.1, 0.15) is 0 Å². The number of rotatable bonds is 2. The first-order valence-corrected chi connectivity index (χ1v) is 17.8. The molecule has 234 valence electrons. The minimum atomic E-state index is -0.0212. The molecule has 0 bridgehead atoms. The van der Waals surface area contributed by atoms with Crippen molar-refractivity contribution >= 4 is 86.2 Å². The molecule has 0 heteroatoms. The van der Waals surface area contributed by atoms with Gasteiger partial charge >= 0.3 is 0 Å². The van der Waals surface area contributed by atoms with Crippen LogP contribution in [-0.2, 0) is 5.41 Å². The molecule has 0 atom stereocenters. The van der Waals surface area contributed by atoms with E-state index in [1.807, 2.05) is 0 Å². The number of fused-ring (bicyclic) bond motifs is 4. The fourth-order valence-corrected chi connectivity index (χ4v) is 9.17. The standard InChI is InChI=1S/C50H34/c1-50(2,3)33-27-31(34-22-24-44-40-16-6-12-29-10-4-14-38(46(29)40)42-20-8-18-36(34)48(42)44)26-32(28-33)35-23-25-45-41-17-7-13-30-11-5-15-39(47(30)41)43-21-9-19-37(35)49(43)45/h4-28H,1-3H3. The van der Waals surface area contributed by atoms with E-state index in [9.17, 15) is 0 Å². The van der Waals surface area contributed by atoms with E-state index in [1.54, 1.807) is 0 Å². The second-order valence-corrected chi connectivity index (χ2v) is 15.2. The second kappa shape index (κ2) is 9.80. The lowest BCUT2D eigenvalue weighted by molar-refractivity contribution is 0.591. The van der Waals surface area contributed by atoms with Crippen molar-refractivity contribution in [3.8, 4) is 22.3 Å². The molecule has 11 aromatic rings. The van der Waals surface area contributed by atoms with Crippen molar-refractivity contribution in [2.45, 2.75) is 26.2 Å². The minimum absolute atomic E-state index is 0.0212. The smallest absolute Gasteiger partial charge is 0.00201 e. The predicted molar refractivity (Wildman–Crippen MR) is 218 cm³/mol. The molecule has 0 heterocycles. The lowest BCUT2D eigenvalue weighted by Gasteiger charge is -2.23. The monoisotopic (exact) mass is 634 g/mol. The van der Waals surface area contributed by atoms with Gasteiger partial charge in [0.2, 0.25) is 0 Å². The van der Waals surface area contributed by atoms with Gasteiger partial charge < -0.3 is 0 Å². The molecule has 0 amide bonds. The molecule has 0 nitrogen and oxygen atoms in total. The summed E-state index contributed by atoms with van der Waals surface area (Å²) in [4.78, 5) is 0. The Morgan fingerprint density at radius 2 is 0.620 bits per heavy atom. The van der Waals surface area contributed by atoms with Crippen LogP contribution >= 0.6 is 0 Å². The molecule has 0 aromatic heterocycles. The van der Waals surface area contributed by atoms with Gasteiger partial charge in [-0.15, -0.1) is 0 Å². The Kier molecular flexibility index (Phi) is 5.47. The van der Waals surface area contributed by atoms with E-state index >= 15 is 0 Å². The van der Waals surface area contributed by atoms with Gasteiger partial charge in [0.05, 0.1) is 0 Å². The highest BCUT2D eigenvalue weighted by atomic mass is 14.2. The van der Waals surface area contributed by atoms with E-state index in [-0.39, 0.29) is 5.41 Å². The molecule has 0 radical (unpaired) electrons. The Morgan fingerprint density at radius 3 is 1.00 bits per heavy atom. The SMILES string of the molecule is CC(C)(C)c1cc(-c2ccc3c4cccc5cccc(c6cccc2c63)c54)cc(-c2ccc3c4cccc5cccc(c6cccc2c63)c54)c1. The molecular weight excluding hydrogens is 601 g/mol. The summed E-state index contributed by atoms with van der Waals surface area (Å²) in [5.74, 6) is 0. The average Bonchev–Trinajstić information content (AvgIpc) is 3.15. The van der Waals surface area contributed by atoms with E-state index < -0.39 is 0 Å². The van der Waals surface area contributed by atoms with Crippen molar-refractivity contribution in [3.63, 3.8) is 0 Å². The second-order valence-electron chi connectivity index (χ2n) is 15.2. The summed E-state index contributed by atoms with van der Waals surface area (Å²) in [6.45, 7) is 7.00. The molecular formula is C50H34. The highest BCUT2D eigenvalue weighted by Gasteiger charge is 2.21. The molecule has 0 unspecified atom stereocenters. The van der Waals surface area contributed by atoms with Gasteiger partial charge in [-0.1, -0.05) is 166 Å². The topological polar surface area (TPSA) is 0 Å². The zero-order valence-electron chi connectivity index (χ0n) is 28.4. The molecule has 11 rings (SSSR count). The third-order valence-corrected chi connectivity index (χ3v) is 11.5. The normalized spacial score (nSPS) is 12.7. The lowest BCUT2D eigenvalue weighted by Crippen LogP contribution is -2.11. The zero-order chi connectivity index (χ0) is 33.3. The van der Waals surface area contributed by atoms with Gasteiger partial charge in [-0.3, -0.25) is 0 Å². The van der Waals surface area contributed by atoms with Crippen LogP contribution in [0.15, 0.2) is 152 Å². The van der Waals surface area contributed by atoms with Crippen molar-refractivity contribution < 1.29 is 0 Å². The maximum atomic E-state index is 2.44. The van der Waals surface area contributed by atoms with Crippen molar-refractivity contribution in [2.75, 3.05) is 0 Å². The first kappa shape index (κ1) is 27.9. The lowest BCUT2D eigenvalue weighted by atomic mass is 9.81. The van der Waals surface area contributed by atoms with Gasteiger partial charge in [0.15, 0.2) is 0 Å². The quantitative estimate of drug-likeness (QED) is 0.131. The molecule has 11 aromatic carbocycles. The summed E-state index contributed by atoms with van der Waals surface area (Å²) in [6, 6.07) is 57.5. The Bertz CT molecular complexity index is 2860. The summed E-state index contributed by atoms with van der Waals surface area (Å²) >= 11 is 0. The van der Waals surface area contributed by atoms with Gasteiger partial charge in [-0.25, -0.2) is 0 Å². The summed E-state index contributed by atoms with van der Waals surface area (Å²) < 4.78 is 0. The highest BCUT2D eigenvalue weighted by molar-refractivity contribution is 6.35. The van der Waals surface area contributed by atoms with Crippen LogP contribution in [0.25, 0.3) is 108 Å². The Balaban J connectivity index is 1.21. The van der Waals surface area contributed by atoms with Crippen LogP contribution in [0.5, 0.6) is 0 Å². The molecule has 0 aliphatic carbocycles. The fourth-order valence-electron chi connectivity index (χ4n) is 9.17. The first-order chi connectivity index (χ1) is 24.4. The van der Waals surface area contributed by atoms with Crippen molar-refractivity contribution in [3.05, 3.63) is 157 Å². The summed E-state index contributed by atoms with van der Waals surface area (Å²) in [5.41, 5.74) is 6.43. The molecule has 0 saturated heterocycles. The molecule has 0 fully saturated rings. The third-order valence-electron chi connectivity index (χ3n) is 11.5. The minimum Gasteiger partial charge on any atom is -0.0610 e. The van der Waals surface area contributed by atoms with Crippen molar-refractivity contribution in [1.29, 1.82) is 0 Å². The van der Waals surface area contributed by atoms with E-state index in [0.717, 1.165) is 0 Å². The largest absolute Gasteiger partial charge is 0.0610 e. The Morgan fingerprint density at radius 1 is 0.300 bits per heavy atom. The number of hydrogen-bond donors (Lipinski definition) is 0. The number of hydrogen-bond acceptors (Lipinski definition) is 0. The van der Waals surface area contributed by atoms with Gasteiger partial charge in [-0.05, 0) is 125 Å². The van der Waals surface area contributed by atoms with Crippen molar-refractivity contribution in [1.82, 2.24) is 0 Å². The summed E-state index contributed by atoms with van der Waals surface area (Å²) in [5, 5.41) is 21.3. The van der Waals surface area contributed by atoms with Crippen LogP contribution in [0.3, 0.4) is 0 Å². The maximum Gasteiger partial charge on any atom is -0.00201 e. The summed E-state index contributed by atoms with van der Waals surface area (Å²) in [7, 11) is 0. The molecule has 0 aliphatic heterocycles. The molecule has 0 N–H and O–H groups in total. The molecule has 50 heavy (non-hydrogen) atoms. The maximum absolute atomic E-state index is 2.44. The van der Waals surface area contributed by atoms with E-state index in [1.165, 1.54) is 114 Å². The summed E-state index contributed by atoms with van der Waals surface area (Å²) in [6.07, 6.45) is 0. The van der Waals surface area contributed by atoms with E-state index in [2.05, 4.69) is 172 Å². The van der Waals surface area contributed by atoms with Crippen LogP contribution in [0.2, 0.25) is 0 Å². The van der Waals surface area contributed by atoms with Gasteiger partial charge in [0.25, 0.3) is 0 Å². The zero-order valence-corrected chi connectivity index (χ0v) is 28.4. The van der Waals surface area contributed by atoms with Crippen LogP contribution in [0, 0.1) is 0 Å².